The van der Waals surface area contributed by atoms with Gasteiger partial charge in [0.15, 0.2) is 5.60 Å². The molecule has 0 fully saturated rings. The van der Waals surface area contributed by atoms with Crippen LogP contribution in [0.2, 0.25) is 10.0 Å². The quantitative estimate of drug-likeness (QED) is 0.440. The van der Waals surface area contributed by atoms with Crippen LogP contribution in [0.1, 0.15) is 30.5 Å². The molecule has 0 aliphatic rings. The lowest BCUT2D eigenvalue weighted by Gasteiger charge is -2.24. The number of carbonyl (C=O) groups is 1. The van der Waals surface area contributed by atoms with E-state index < -0.39 is 18.2 Å². The van der Waals surface area contributed by atoms with Gasteiger partial charge < -0.3 is 14.6 Å². The SMILES string of the molecule is Cc1c(Cc2ccc(Cl)cc2)c(OC(F)F)nc2c(Cl)ccc(OC(C)(C)C(=O)O)c12. The van der Waals surface area contributed by atoms with Gasteiger partial charge in [-0.3, -0.25) is 0 Å². The molecule has 0 bridgehead atoms. The van der Waals surface area contributed by atoms with Gasteiger partial charge in [0, 0.05) is 22.4 Å². The Kier molecular flexibility index (Phi) is 6.57. The lowest BCUT2D eigenvalue weighted by Crippen LogP contribution is -2.38. The van der Waals surface area contributed by atoms with Crippen molar-refractivity contribution >= 4 is 40.1 Å². The van der Waals surface area contributed by atoms with Crippen molar-refractivity contribution in [1.82, 2.24) is 4.98 Å². The first-order chi connectivity index (χ1) is 14.5. The van der Waals surface area contributed by atoms with Crippen LogP contribution in [0.5, 0.6) is 11.6 Å². The van der Waals surface area contributed by atoms with Crippen LogP contribution in [0.15, 0.2) is 36.4 Å². The molecule has 0 aliphatic carbocycles. The summed E-state index contributed by atoms with van der Waals surface area (Å²) in [5.74, 6) is -1.20. The van der Waals surface area contributed by atoms with Crippen molar-refractivity contribution < 1.29 is 28.2 Å². The van der Waals surface area contributed by atoms with Crippen LogP contribution in [0.25, 0.3) is 10.9 Å². The number of nitrogens with zero attached hydrogens (tertiary/aromatic N) is 1. The third-order valence-corrected chi connectivity index (χ3v) is 5.32. The van der Waals surface area contributed by atoms with Gasteiger partial charge in [0.25, 0.3) is 0 Å². The molecule has 0 atom stereocenters. The molecule has 3 rings (SSSR count). The largest absolute Gasteiger partial charge is 0.478 e. The molecule has 5 nitrogen and oxygen atoms in total. The van der Waals surface area contributed by atoms with E-state index in [1.54, 1.807) is 31.2 Å². The van der Waals surface area contributed by atoms with Crippen molar-refractivity contribution in [2.75, 3.05) is 0 Å². The fourth-order valence-electron chi connectivity index (χ4n) is 3.10. The minimum atomic E-state index is -3.09. The summed E-state index contributed by atoms with van der Waals surface area (Å²) in [5, 5.41) is 10.6. The summed E-state index contributed by atoms with van der Waals surface area (Å²) in [6, 6.07) is 9.91. The fourth-order valence-corrected chi connectivity index (χ4v) is 3.43. The predicted octanol–water partition coefficient (Wildman–Crippen LogP) is 6.28. The Hall–Kier alpha value is -2.64. The zero-order valence-corrected chi connectivity index (χ0v) is 18.4. The van der Waals surface area contributed by atoms with Crippen molar-refractivity contribution in [3.63, 3.8) is 0 Å². The summed E-state index contributed by atoms with van der Waals surface area (Å²) in [6.07, 6.45) is 0.224. The number of ether oxygens (including phenoxy) is 2. The summed E-state index contributed by atoms with van der Waals surface area (Å²) in [5.41, 5.74) is 0.364. The Morgan fingerprint density at radius 3 is 2.39 bits per heavy atom. The zero-order chi connectivity index (χ0) is 22.9. The Labute approximate surface area is 187 Å². The van der Waals surface area contributed by atoms with Crippen molar-refractivity contribution in [3.8, 4) is 11.6 Å². The fraction of sp³-hybridized carbons (Fsp3) is 0.273. The maximum atomic E-state index is 13.1. The lowest BCUT2D eigenvalue weighted by molar-refractivity contribution is -0.152. The van der Waals surface area contributed by atoms with Gasteiger partial charge in [-0.25, -0.2) is 9.78 Å². The molecule has 164 valence electrons. The van der Waals surface area contributed by atoms with Gasteiger partial charge in [-0.05, 0) is 56.2 Å². The molecule has 1 aromatic heterocycles. The van der Waals surface area contributed by atoms with Gasteiger partial charge in [0.05, 0.1) is 10.5 Å². The number of aliphatic carboxylic acids is 1. The monoisotopic (exact) mass is 469 g/mol. The van der Waals surface area contributed by atoms with Crippen molar-refractivity contribution in [1.29, 1.82) is 0 Å². The molecule has 0 aliphatic heterocycles. The molecule has 0 saturated carbocycles. The standard InChI is InChI=1S/C22H19Cl2F2NO4/c1-11-14(10-12-4-6-13(23)7-5-12)19(30-21(25)26)27-18-15(24)8-9-16(17(11)18)31-22(2,3)20(28)29/h4-9,21H,10H2,1-3H3,(H,28,29). The minimum Gasteiger partial charge on any atom is -0.478 e. The molecule has 2 aromatic carbocycles. The van der Waals surface area contributed by atoms with E-state index in [1.165, 1.54) is 26.0 Å². The van der Waals surface area contributed by atoms with E-state index in [2.05, 4.69) is 4.98 Å². The Morgan fingerprint density at radius 1 is 1.16 bits per heavy atom. The number of fused-ring (bicyclic) bond motifs is 1. The summed E-state index contributed by atoms with van der Waals surface area (Å²) in [6.45, 7) is 1.42. The number of rotatable bonds is 7. The minimum absolute atomic E-state index is 0.174. The number of pyridine rings is 1. The Balaban J connectivity index is 2.24. The van der Waals surface area contributed by atoms with Gasteiger partial charge in [-0.2, -0.15) is 8.78 Å². The van der Waals surface area contributed by atoms with Crippen LogP contribution in [0, 0.1) is 6.92 Å². The highest BCUT2D eigenvalue weighted by Crippen LogP contribution is 2.39. The third kappa shape index (κ3) is 4.99. The average Bonchev–Trinajstić information content (AvgIpc) is 2.68. The molecule has 9 heteroatoms. The highest BCUT2D eigenvalue weighted by atomic mass is 35.5. The average molecular weight is 470 g/mol. The highest BCUT2D eigenvalue weighted by molar-refractivity contribution is 6.35. The van der Waals surface area contributed by atoms with E-state index >= 15 is 0 Å². The molecule has 31 heavy (non-hydrogen) atoms. The van der Waals surface area contributed by atoms with Gasteiger partial charge in [-0.1, -0.05) is 35.3 Å². The number of hydrogen-bond donors (Lipinski definition) is 1. The van der Waals surface area contributed by atoms with Crippen LogP contribution < -0.4 is 9.47 Å². The second-order valence-electron chi connectivity index (χ2n) is 7.39. The van der Waals surface area contributed by atoms with E-state index in [-0.39, 0.29) is 28.6 Å². The van der Waals surface area contributed by atoms with Crippen LogP contribution >= 0.6 is 23.2 Å². The molecule has 1 heterocycles. The smallest absolute Gasteiger partial charge is 0.388 e. The van der Waals surface area contributed by atoms with Crippen LogP contribution in [-0.2, 0) is 11.2 Å². The Morgan fingerprint density at radius 2 is 1.81 bits per heavy atom. The number of carboxylic acids is 1. The number of aryl methyl sites for hydroxylation is 1. The highest BCUT2D eigenvalue weighted by Gasteiger charge is 2.31. The maximum absolute atomic E-state index is 13.1. The van der Waals surface area contributed by atoms with Gasteiger partial charge >= 0.3 is 12.6 Å². The van der Waals surface area contributed by atoms with Crippen molar-refractivity contribution in [2.45, 2.75) is 39.4 Å². The Bertz CT molecular complexity index is 1130. The van der Waals surface area contributed by atoms with E-state index in [0.717, 1.165) is 5.56 Å². The number of halogens is 4. The molecule has 0 amide bonds. The van der Waals surface area contributed by atoms with Gasteiger partial charge in [0.2, 0.25) is 5.88 Å². The maximum Gasteiger partial charge on any atom is 0.388 e. The number of hydrogen-bond acceptors (Lipinski definition) is 4. The normalized spacial score (nSPS) is 11.7. The van der Waals surface area contributed by atoms with E-state index in [1.807, 2.05) is 0 Å². The molecule has 3 aromatic rings. The molecule has 0 spiro atoms. The van der Waals surface area contributed by atoms with E-state index in [4.69, 9.17) is 32.7 Å². The molecular weight excluding hydrogens is 451 g/mol. The molecule has 1 N–H and O–H groups in total. The first-order valence-electron chi connectivity index (χ1n) is 9.23. The van der Waals surface area contributed by atoms with Crippen molar-refractivity contribution in [3.05, 3.63) is 63.1 Å². The van der Waals surface area contributed by atoms with Crippen LogP contribution in [-0.4, -0.2) is 28.3 Å². The van der Waals surface area contributed by atoms with Crippen molar-refractivity contribution in [2.24, 2.45) is 0 Å². The van der Waals surface area contributed by atoms with Gasteiger partial charge in [0.1, 0.15) is 5.75 Å². The first kappa shape index (κ1) is 23.0. The molecular formula is C22H19Cl2F2NO4. The topological polar surface area (TPSA) is 68.7 Å². The number of aromatic nitrogens is 1. The van der Waals surface area contributed by atoms with Crippen LogP contribution in [0.3, 0.4) is 0 Å². The number of benzene rings is 2. The van der Waals surface area contributed by atoms with Gasteiger partial charge in [-0.15, -0.1) is 0 Å². The summed E-state index contributed by atoms with van der Waals surface area (Å²) >= 11 is 12.2. The summed E-state index contributed by atoms with van der Waals surface area (Å²) < 4.78 is 36.7. The number of carboxylic acid groups (broad SMARTS) is 1. The molecule has 0 radical (unpaired) electrons. The van der Waals surface area contributed by atoms with E-state index in [9.17, 15) is 18.7 Å². The molecule has 0 saturated heterocycles. The second-order valence-corrected chi connectivity index (χ2v) is 8.23. The molecule has 0 unspecified atom stereocenters. The number of alkyl halides is 2. The zero-order valence-electron chi connectivity index (χ0n) is 16.9. The third-order valence-electron chi connectivity index (χ3n) is 4.76. The predicted molar refractivity (Wildman–Crippen MR) is 115 cm³/mol. The summed E-state index contributed by atoms with van der Waals surface area (Å²) in [7, 11) is 0. The van der Waals surface area contributed by atoms with E-state index in [0.29, 0.717) is 21.5 Å². The first-order valence-corrected chi connectivity index (χ1v) is 9.98. The second kappa shape index (κ2) is 8.85. The lowest BCUT2D eigenvalue weighted by atomic mass is 9.97. The van der Waals surface area contributed by atoms with Crippen LogP contribution in [0.4, 0.5) is 8.78 Å². The summed E-state index contributed by atoms with van der Waals surface area (Å²) in [4.78, 5) is 15.8.